The fourth-order valence-electron chi connectivity index (χ4n) is 2.75. The van der Waals surface area contributed by atoms with Crippen molar-refractivity contribution >= 4 is 17.8 Å². The van der Waals surface area contributed by atoms with Crippen LogP contribution in [0.25, 0.3) is 0 Å². The van der Waals surface area contributed by atoms with E-state index in [1.807, 2.05) is 51.1 Å². The standard InChI is InChI=1S/C23H28N2O5/c1-4-29-19-13-9-8-12-18(19)22(27)25-21(16(2)3)23(28)24-14-20(26)30-15-17-10-6-5-7-11-17/h5-13,16,21H,4,14-15H2,1-3H3,(H,24,28)(H,25,27)/t21-/m0/s1. The van der Waals surface area contributed by atoms with E-state index in [0.29, 0.717) is 17.9 Å². The molecule has 0 fully saturated rings. The van der Waals surface area contributed by atoms with Gasteiger partial charge in [0.15, 0.2) is 0 Å². The number of carbonyl (C=O) groups excluding carboxylic acids is 3. The van der Waals surface area contributed by atoms with Crippen molar-refractivity contribution in [3.05, 3.63) is 65.7 Å². The van der Waals surface area contributed by atoms with Gasteiger partial charge in [-0.2, -0.15) is 0 Å². The molecule has 0 aromatic heterocycles. The van der Waals surface area contributed by atoms with Gasteiger partial charge in [0.1, 0.15) is 24.9 Å². The molecule has 160 valence electrons. The molecular weight excluding hydrogens is 384 g/mol. The summed E-state index contributed by atoms with van der Waals surface area (Å²) in [6.45, 7) is 5.73. The lowest BCUT2D eigenvalue weighted by Crippen LogP contribution is -2.50. The predicted molar refractivity (Wildman–Crippen MR) is 113 cm³/mol. The molecule has 0 aliphatic heterocycles. The lowest BCUT2D eigenvalue weighted by Gasteiger charge is -2.22. The number of hydrogen-bond donors (Lipinski definition) is 2. The van der Waals surface area contributed by atoms with E-state index >= 15 is 0 Å². The molecule has 2 N–H and O–H groups in total. The van der Waals surface area contributed by atoms with Gasteiger partial charge in [-0.3, -0.25) is 14.4 Å². The summed E-state index contributed by atoms with van der Waals surface area (Å²) in [5, 5.41) is 5.27. The van der Waals surface area contributed by atoms with Crippen LogP contribution in [0, 0.1) is 5.92 Å². The van der Waals surface area contributed by atoms with Crippen LogP contribution in [0.15, 0.2) is 54.6 Å². The zero-order valence-electron chi connectivity index (χ0n) is 17.5. The topological polar surface area (TPSA) is 93.7 Å². The Morgan fingerprint density at radius 3 is 2.30 bits per heavy atom. The molecule has 0 aliphatic rings. The first-order chi connectivity index (χ1) is 14.4. The van der Waals surface area contributed by atoms with Gasteiger partial charge in [0.25, 0.3) is 5.91 Å². The van der Waals surface area contributed by atoms with E-state index in [-0.39, 0.29) is 19.1 Å². The van der Waals surface area contributed by atoms with Crippen LogP contribution < -0.4 is 15.4 Å². The second-order valence-corrected chi connectivity index (χ2v) is 6.99. The molecule has 0 saturated heterocycles. The molecule has 0 heterocycles. The first-order valence-electron chi connectivity index (χ1n) is 9.92. The van der Waals surface area contributed by atoms with E-state index in [9.17, 15) is 14.4 Å². The zero-order valence-corrected chi connectivity index (χ0v) is 17.5. The highest BCUT2D eigenvalue weighted by Gasteiger charge is 2.26. The zero-order chi connectivity index (χ0) is 21.9. The van der Waals surface area contributed by atoms with Crippen LogP contribution in [0.3, 0.4) is 0 Å². The van der Waals surface area contributed by atoms with Crippen LogP contribution in [0.2, 0.25) is 0 Å². The lowest BCUT2D eigenvalue weighted by atomic mass is 10.0. The van der Waals surface area contributed by atoms with Crippen LogP contribution in [0.1, 0.15) is 36.7 Å². The number of rotatable bonds is 10. The van der Waals surface area contributed by atoms with Gasteiger partial charge in [0, 0.05) is 0 Å². The van der Waals surface area contributed by atoms with Gasteiger partial charge >= 0.3 is 5.97 Å². The number of para-hydroxylation sites is 1. The van der Waals surface area contributed by atoms with E-state index in [2.05, 4.69) is 10.6 Å². The quantitative estimate of drug-likeness (QED) is 0.585. The summed E-state index contributed by atoms with van der Waals surface area (Å²) in [6.07, 6.45) is 0. The van der Waals surface area contributed by atoms with E-state index in [0.717, 1.165) is 5.56 Å². The van der Waals surface area contributed by atoms with Crippen molar-refractivity contribution in [2.75, 3.05) is 13.2 Å². The van der Waals surface area contributed by atoms with Crippen molar-refractivity contribution in [1.82, 2.24) is 10.6 Å². The highest BCUT2D eigenvalue weighted by Crippen LogP contribution is 2.18. The summed E-state index contributed by atoms with van der Waals surface area (Å²) < 4.78 is 10.6. The van der Waals surface area contributed by atoms with Gasteiger partial charge < -0.3 is 20.1 Å². The molecule has 7 nitrogen and oxygen atoms in total. The number of nitrogens with one attached hydrogen (secondary N) is 2. The molecule has 0 radical (unpaired) electrons. The number of benzene rings is 2. The predicted octanol–water partition coefficient (Wildman–Crippen LogP) is 2.70. The molecule has 2 aromatic carbocycles. The minimum Gasteiger partial charge on any atom is -0.493 e. The molecular formula is C23H28N2O5. The molecule has 1 atom stereocenters. The summed E-state index contributed by atoms with van der Waals surface area (Å²) in [4.78, 5) is 37.2. The Balaban J connectivity index is 1.91. The third kappa shape index (κ3) is 6.92. The molecule has 0 aliphatic carbocycles. The number of hydrogen-bond acceptors (Lipinski definition) is 5. The van der Waals surface area contributed by atoms with Crippen molar-refractivity contribution in [2.45, 2.75) is 33.4 Å². The summed E-state index contributed by atoms with van der Waals surface area (Å²) in [5.74, 6) is -1.16. The molecule has 0 unspecified atom stereocenters. The minimum absolute atomic E-state index is 0.133. The summed E-state index contributed by atoms with van der Waals surface area (Å²) >= 11 is 0. The normalized spacial score (nSPS) is 11.5. The second-order valence-electron chi connectivity index (χ2n) is 6.99. The maximum Gasteiger partial charge on any atom is 0.325 e. The third-order valence-corrected chi connectivity index (χ3v) is 4.32. The summed E-state index contributed by atoms with van der Waals surface area (Å²) in [5.41, 5.74) is 1.21. The number of esters is 1. The molecule has 2 rings (SSSR count). The highest BCUT2D eigenvalue weighted by molar-refractivity contribution is 6.00. The van der Waals surface area contributed by atoms with Crippen molar-refractivity contribution in [3.63, 3.8) is 0 Å². The number of ether oxygens (including phenoxy) is 2. The van der Waals surface area contributed by atoms with Gasteiger partial charge in [-0.25, -0.2) is 0 Å². The molecule has 7 heteroatoms. The summed E-state index contributed by atoms with van der Waals surface area (Å²) in [6, 6.07) is 15.3. The van der Waals surface area contributed by atoms with E-state index in [1.54, 1.807) is 24.3 Å². The average molecular weight is 412 g/mol. The van der Waals surface area contributed by atoms with Crippen molar-refractivity contribution in [1.29, 1.82) is 0 Å². The smallest absolute Gasteiger partial charge is 0.325 e. The molecule has 0 bridgehead atoms. The largest absolute Gasteiger partial charge is 0.493 e. The minimum atomic E-state index is -0.811. The van der Waals surface area contributed by atoms with Crippen molar-refractivity contribution < 1.29 is 23.9 Å². The first-order valence-corrected chi connectivity index (χ1v) is 9.92. The average Bonchev–Trinajstić information content (AvgIpc) is 2.75. The lowest BCUT2D eigenvalue weighted by molar-refractivity contribution is -0.145. The third-order valence-electron chi connectivity index (χ3n) is 4.32. The Labute approximate surface area is 176 Å². The fourth-order valence-corrected chi connectivity index (χ4v) is 2.75. The van der Waals surface area contributed by atoms with Gasteiger partial charge in [-0.05, 0) is 30.5 Å². The Kier molecular flexibility index (Phi) is 8.87. The SMILES string of the molecule is CCOc1ccccc1C(=O)N[C@H](C(=O)NCC(=O)OCc1ccccc1)C(C)C. The fraction of sp³-hybridized carbons (Fsp3) is 0.348. The maximum atomic E-state index is 12.7. The number of amides is 2. The Morgan fingerprint density at radius 1 is 0.967 bits per heavy atom. The van der Waals surface area contributed by atoms with E-state index in [1.165, 1.54) is 0 Å². The number of carbonyl (C=O) groups is 3. The van der Waals surface area contributed by atoms with E-state index < -0.39 is 23.8 Å². The second kappa shape index (κ2) is 11.6. The van der Waals surface area contributed by atoms with Crippen LogP contribution in [0.4, 0.5) is 0 Å². The molecule has 0 saturated carbocycles. The molecule has 2 aromatic rings. The van der Waals surface area contributed by atoms with Gasteiger partial charge in [0.05, 0.1) is 12.2 Å². The molecule has 0 spiro atoms. The maximum absolute atomic E-state index is 12.7. The van der Waals surface area contributed by atoms with Crippen molar-refractivity contribution in [3.8, 4) is 5.75 Å². The summed E-state index contributed by atoms with van der Waals surface area (Å²) in [7, 11) is 0. The van der Waals surface area contributed by atoms with Crippen LogP contribution >= 0.6 is 0 Å². The Morgan fingerprint density at radius 2 is 1.63 bits per heavy atom. The van der Waals surface area contributed by atoms with Gasteiger partial charge in [0.2, 0.25) is 5.91 Å². The van der Waals surface area contributed by atoms with Crippen molar-refractivity contribution in [2.24, 2.45) is 5.92 Å². The monoisotopic (exact) mass is 412 g/mol. The van der Waals surface area contributed by atoms with E-state index in [4.69, 9.17) is 9.47 Å². The highest BCUT2D eigenvalue weighted by atomic mass is 16.5. The van der Waals surface area contributed by atoms with Gasteiger partial charge in [-0.15, -0.1) is 0 Å². The van der Waals surface area contributed by atoms with Crippen LogP contribution in [0.5, 0.6) is 5.75 Å². The van der Waals surface area contributed by atoms with Crippen LogP contribution in [-0.2, 0) is 20.9 Å². The molecule has 2 amide bonds. The van der Waals surface area contributed by atoms with Crippen LogP contribution in [-0.4, -0.2) is 37.0 Å². The van der Waals surface area contributed by atoms with Gasteiger partial charge in [-0.1, -0.05) is 56.3 Å². The molecule has 30 heavy (non-hydrogen) atoms. The first kappa shape index (κ1) is 22.9. The Hall–Kier alpha value is -3.35. The Bertz CT molecular complexity index is 852.